The molecule has 8 nitrogen and oxygen atoms in total. The lowest BCUT2D eigenvalue weighted by molar-refractivity contribution is -0.0400. The summed E-state index contributed by atoms with van der Waals surface area (Å²) in [5, 5.41) is 21.6. The van der Waals surface area contributed by atoms with E-state index in [9.17, 15) is 15.0 Å². The molecule has 10 heteroatoms. The van der Waals surface area contributed by atoms with E-state index in [1.807, 2.05) is 6.26 Å². The maximum Gasteiger partial charge on any atom is 0.279 e. The van der Waals surface area contributed by atoms with Crippen LogP contribution in [0, 0.1) is 6.92 Å². The number of aromatic amines is 1. The smallest absolute Gasteiger partial charge is 0.279 e. The first-order valence-electron chi connectivity index (χ1n) is 8.34. The van der Waals surface area contributed by atoms with Gasteiger partial charge in [0.05, 0.1) is 6.10 Å². The molecule has 0 amide bonds. The van der Waals surface area contributed by atoms with E-state index in [1.54, 1.807) is 11.5 Å². The molecule has 26 heavy (non-hydrogen) atoms. The SMILES string of the molecule is C=P(C)(C)CC[C@H]1OC(n2c(SC)nc3c(=O)[nH]c(C)nc32)[C@H](O)[C@@H]1O. The van der Waals surface area contributed by atoms with Gasteiger partial charge in [0.2, 0.25) is 0 Å². The predicted octanol–water partition coefficient (Wildman–Crippen LogP) is 0.868. The van der Waals surface area contributed by atoms with Gasteiger partial charge in [-0.3, -0.25) is 9.36 Å². The molecule has 1 unspecified atom stereocenters. The lowest BCUT2D eigenvalue weighted by atomic mass is 10.1. The van der Waals surface area contributed by atoms with E-state index in [2.05, 4.69) is 34.6 Å². The van der Waals surface area contributed by atoms with Crippen LogP contribution >= 0.6 is 18.6 Å². The lowest BCUT2D eigenvalue weighted by Gasteiger charge is -2.19. The van der Waals surface area contributed by atoms with Crippen LogP contribution < -0.4 is 5.56 Å². The minimum absolute atomic E-state index is 0.193. The van der Waals surface area contributed by atoms with Crippen LogP contribution in [0.25, 0.3) is 11.2 Å². The predicted molar refractivity (Wildman–Crippen MR) is 106 cm³/mol. The van der Waals surface area contributed by atoms with Gasteiger partial charge in [0.1, 0.15) is 18.0 Å². The van der Waals surface area contributed by atoms with Crippen molar-refractivity contribution >= 4 is 36.1 Å². The zero-order valence-electron chi connectivity index (χ0n) is 15.3. The number of hydrogen-bond donors (Lipinski definition) is 3. The number of H-pyrrole nitrogens is 1. The number of nitrogens with one attached hydrogen (secondary N) is 1. The molecule has 1 saturated heterocycles. The summed E-state index contributed by atoms with van der Waals surface area (Å²) >= 11 is 1.33. The van der Waals surface area contributed by atoms with Crippen molar-refractivity contribution in [3.63, 3.8) is 0 Å². The van der Waals surface area contributed by atoms with Crippen molar-refractivity contribution < 1.29 is 14.9 Å². The summed E-state index contributed by atoms with van der Waals surface area (Å²) in [5.41, 5.74) is 0.200. The Morgan fingerprint density at radius 3 is 2.65 bits per heavy atom. The summed E-state index contributed by atoms with van der Waals surface area (Å²) in [6.07, 6.45) is 3.99. The summed E-state index contributed by atoms with van der Waals surface area (Å²) in [7, 11) is 0. The summed E-state index contributed by atoms with van der Waals surface area (Å²) < 4.78 is 7.62. The number of aliphatic hydroxyl groups excluding tert-OH is 2. The summed E-state index contributed by atoms with van der Waals surface area (Å²) in [6.45, 7) is 4.66. The molecule has 1 aliphatic heterocycles. The van der Waals surface area contributed by atoms with Crippen LogP contribution in [-0.4, -0.2) is 80.1 Å². The van der Waals surface area contributed by atoms with Crippen molar-refractivity contribution in [3.8, 4) is 0 Å². The molecule has 3 N–H and O–H groups in total. The second kappa shape index (κ2) is 7.13. The van der Waals surface area contributed by atoms with Crippen LogP contribution in [-0.2, 0) is 4.74 Å². The minimum atomic E-state index is -1.27. The fourth-order valence-electron chi connectivity index (χ4n) is 3.10. The maximum absolute atomic E-state index is 12.2. The summed E-state index contributed by atoms with van der Waals surface area (Å²) in [5.74, 6) is 0.449. The van der Waals surface area contributed by atoms with Gasteiger partial charge in [-0.15, -0.1) is 13.2 Å². The first kappa shape index (κ1) is 19.6. The highest BCUT2D eigenvalue weighted by Crippen LogP contribution is 2.40. The van der Waals surface area contributed by atoms with E-state index < -0.39 is 31.4 Å². The Morgan fingerprint density at radius 2 is 2.04 bits per heavy atom. The van der Waals surface area contributed by atoms with E-state index in [-0.39, 0.29) is 11.1 Å². The number of ether oxygens (including phenoxy) is 1. The third-order valence-corrected chi connectivity index (χ3v) is 6.55. The van der Waals surface area contributed by atoms with E-state index >= 15 is 0 Å². The molecule has 0 aliphatic carbocycles. The van der Waals surface area contributed by atoms with Gasteiger partial charge in [-0.25, -0.2) is 9.97 Å². The molecule has 1 aliphatic rings. The van der Waals surface area contributed by atoms with Gasteiger partial charge in [-0.1, -0.05) is 11.8 Å². The number of fused-ring (bicyclic) bond motifs is 1. The van der Waals surface area contributed by atoms with Crippen molar-refractivity contribution in [2.45, 2.75) is 43.0 Å². The van der Waals surface area contributed by atoms with Crippen molar-refractivity contribution in [1.29, 1.82) is 0 Å². The Labute approximate surface area is 156 Å². The first-order chi connectivity index (χ1) is 12.1. The van der Waals surface area contributed by atoms with Crippen LogP contribution in [0.4, 0.5) is 0 Å². The number of aromatic nitrogens is 4. The number of aliphatic hydroxyl groups is 2. The van der Waals surface area contributed by atoms with Gasteiger partial charge in [0.25, 0.3) is 5.56 Å². The van der Waals surface area contributed by atoms with Gasteiger partial charge < -0.3 is 19.9 Å². The number of aryl methyl sites for hydroxylation is 1. The molecule has 3 heterocycles. The van der Waals surface area contributed by atoms with E-state index in [4.69, 9.17) is 4.74 Å². The van der Waals surface area contributed by atoms with Crippen molar-refractivity contribution in [2.24, 2.45) is 0 Å². The van der Waals surface area contributed by atoms with E-state index in [1.165, 1.54) is 11.8 Å². The number of nitrogens with zero attached hydrogens (tertiary/aromatic N) is 3. The molecule has 0 aromatic carbocycles. The fraction of sp³-hybridized carbons (Fsp3) is 0.625. The minimum Gasteiger partial charge on any atom is -0.388 e. The second-order valence-corrected chi connectivity index (χ2v) is 12.4. The van der Waals surface area contributed by atoms with Crippen molar-refractivity contribution in [2.75, 3.05) is 25.7 Å². The molecular formula is C16H25N4O4PS. The van der Waals surface area contributed by atoms with Gasteiger partial charge in [-0.05, 0) is 39.1 Å². The third-order valence-electron chi connectivity index (χ3n) is 4.43. The van der Waals surface area contributed by atoms with Gasteiger partial charge in [0.15, 0.2) is 22.5 Å². The Hall–Kier alpha value is -1.12. The zero-order valence-corrected chi connectivity index (χ0v) is 17.0. The first-order valence-corrected chi connectivity index (χ1v) is 12.6. The molecule has 4 atom stereocenters. The fourth-order valence-corrected chi connectivity index (χ4v) is 4.63. The van der Waals surface area contributed by atoms with Crippen molar-refractivity contribution in [1.82, 2.24) is 19.5 Å². The highest BCUT2D eigenvalue weighted by molar-refractivity contribution is 7.98. The molecule has 0 saturated carbocycles. The van der Waals surface area contributed by atoms with Gasteiger partial charge in [-0.2, -0.15) is 0 Å². The van der Waals surface area contributed by atoms with Crippen molar-refractivity contribution in [3.05, 3.63) is 16.2 Å². The van der Waals surface area contributed by atoms with Crippen LogP contribution in [0.2, 0.25) is 0 Å². The maximum atomic E-state index is 12.2. The molecule has 0 radical (unpaired) electrons. The standard InChI is InChI=1S/C16H25N4O4PS/c1-8-17-13-10(14(23)18-8)19-16(26-5)20(13)15-12(22)11(21)9(24-15)6-7-25(2,3)4/h9,11-12,15,21-22H,2,6-7H2,1,3-5H3,(H,17,18,23)/t9-,11-,12-,15?/m1/s1. The van der Waals surface area contributed by atoms with Crippen LogP contribution in [0.1, 0.15) is 18.5 Å². The monoisotopic (exact) mass is 400 g/mol. The van der Waals surface area contributed by atoms with Crippen LogP contribution in [0.5, 0.6) is 0 Å². The molecule has 3 rings (SSSR count). The molecule has 144 valence electrons. The summed E-state index contributed by atoms with van der Waals surface area (Å²) in [6, 6.07) is 0. The second-order valence-electron chi connectivity index (χ2n) is 7.29. The van der Waals surface area contributed by atoms with Gasteiger partial charge >= 0.3 is 0 Å². The Morgan fingerprint density at radius 1 is 1.35 bits per heavy atom. The molecule has 2 aromatic heterocycles. The average Bonchev–Trinajstić information content (AvgIpc) is 3.04. The highest BCUT2D eigenvalue weighted by atomic mass is 32.2. The molecular weight excluding hydrogens is 375 g/mol. The highest BCUT2D eigenvalue weighted by Gasteiger charge is 2.45. The number of hydrogen-bond acceptors (Lipinski definition) is 7. The van der Waals surface area contributed by atoms with E-state index in [0.29, 0.717) is 23.0 Å². The Bertz CT molecular complexity index is 921. The van der Waals surface area contributed by atoms with Gasteiger partial charge in [0, 0.05) is 0 Å². The van der Waals surface area contributed by atoms with E-state index in [0.717, 1.165) is 6.16 Å². The molecule has 2 aromatic rings. The number of thioether (sulfide) groups is 1. The number of imidazole rings is 1. The third kappa shape index (κ3) is 3.64. The largest absolute Gasteiger partial charge is 0.388 e. The average molecular weight is 400 g/mol. The molecule has 1 fully saturated rings. The van der Waals surface area contributed by atoms with Crippen LogP contribution in [0.15, 0.2) is 9.95 Å². The topological polar surface area (TPSA) is 113 Å². The molecule has 0 spiro atoms. The normalized spacial score (nSPS) is 26.7. The zero-order chi connectivity index (χ0) is 19.2. The Kier molecular flexibility index (Phi) is 5.38. The molecule has 0 bridgehead atoms. The lowest BCUT2D eigenvalue weighted by Crippen LogP contribution is -2.32. The quantitative estimate of drug-likeness (QED) is 0.504. The Balaban J connectivity index is 2.01. The van der Waals surface area contributed by atoms with Crippen LogP contribution in [0.3, 0.4) is 0 Å². The summed E-state index contributed by atoms with van der Waals surface area (Å²) in [4.78, 5) is 23.5. The number of rotatable bonds is 5.